The number of allylic oxidation sites excluding steroid dienone is 1. The number of ether oxygens (including phenoxy) is 10. The van der Waals surface area contributed by atoms with E-state index >= 15 is 0 Å². The Balaban J connectivity index is 0.841. The molecule has 9 fully saturated rings. The van der Waals surface area contributed by atoms with E-state index in [1.54, 1.807) is 0 Å². The van der Waals surface area contributed by atoms with E-state index < -0.39 is 161 Å². The van der Waals surface area contributed by atoms with Gasteiger partial charge < -0.3 is 114 Å². The summed E-state index contributed by atoms with van der Waals surface area (Å²) in [6.07, 6.45) is -22.9. The summed E-state index contributed by atoms with van der Waals surface area (Å²) in [5, 5.41) is 138. The van der Waals surface area contributed by atoms with Crippen molar-refractivity contribution in [3.63, 3.8) is 0 Å². The quantitative estimate of drug-likeness (QED) is 0.0941. The van der Waals surface area contributed by atoms with Crippen LogP contribution in [0.15, 0.2) is 11.6 Å². The minimum Gasteiger partial charge on any atom is -0.394 e. The molecule has 74 heavy (non-hydrogen) atoms. The predicted molar refractivity (Wildman–Crippen MR) is 248 cm³/mol. The second-order valence-corrected chi connectivity index (χ2v) is 24.0. The highest BCUT2D eigenvalue weighted by Gasteiger charge is 2.70. The molecule has 0 aromatic carbocycles. The SMILES string of the molecule is CC1O[C@@H](OC2[C@H](O[C@H]3CC[C@@]4(C)C(=CCC5C6CC7OC8(CC[C@@H](C)C(O[C@@H]9O[C@H](CO)C(O)[C@H](O)C9O)O8)C(C)C7[C@@]6(C)CCC54)C3)O[C@H](CO)C(O)[C@@H]2O[C@@H]2O[C@H](CO)C(O)[C@H](O)C2O)C(O)C(O)[C@H]1O. The largest absolute Gasteiger partial charge is 0.394 e. The summed E-state index contributed by atoms with van der Waals surface area (Å²) in [5.74, 6) is 0.299. The van der Waals surface area contributed by atoms with Crippen molar-refractivity contribution >= 4 is 0 Å². The zero-order chi connectivity index (χ0) is 53.1. The third kappa shape index (κ3) is 9.38. The van der Waals surface area contributed by atoms with Gasteiger partial charge in [0.15, 0.2) is 37.2 Å². The maximum atomic E-state index is 11.7. The van der Waals surface area contributed by atoms with Gasteiger partial charge in [-0.2, -0.15) is 0 Å². The summed E-state index contributed by atoms with van der Waals surface area (Å²) >= 11 is 0. The van der Waals surface area contributed by atoms with Crippen LogP contribution in [0.4, 0.5) is 0 Å². The molecule has 0 aromatic rings. The molecule has 23 nitrogen and oxygen atoms in total. The number of hydrogen-bond donors (Lipinski definition) is 13. The Morgan fingerprint density at radius 2 is 1.11 bits per heavy atom. The van der Waals surface area contributed by atoms with Gasteiger partial charge >= 0.3 is 0 Å². The predicted octanol–water partition coefficient (Wildman–Crippen LogP) is -2.64. The summed E-state index contributed by atoms with van der Waals surface area (Å²) in [4.78, 5) is 0. The lowest BCUT2D eigenvalue weighted by Crippen LogP contribution is -2.67. The van der Waals surface area contributed by atoms with Gasteiger partial charge in [0.2, 0.25) is 0 Å². The lowest BCUT2D eigenvalue weighted by Gasteiger charge is -2.59. The van der Waals surface area contributed by atoms with E-state index in [4.69, 9.17) is 47.4 Å². The van der Waals surface area contributed by atoms with Gasteiger partial charge in [-0.25, -0.2) is 0 Å². The summed E-state index contributed by atoms with van der Waals surface area (Å²) in [6.45, 7) is 8.39. The molecule has 32 atom stereocenters. The van der Waals surface area contributed by atoms with E-state index in [2.05, 4.69) is 26.8 Å². The van der Waals surface area contributed by atoms with Crippen LogP contribution in [0.3, 0.4) is 0 Å². The molecular weight excluding hydrogens is 981 g/mol. The second-order valence-electron chi connectivity index (χ2n) is 24.0. The van der Waals surface area contributed by atoms with Crippen molar-refractivity contribution in [2.75, 3.05) is 19.8 Å². The standard InChI is InChI=1S/C51H82O23/c1-19-8-13-51(74-44(19)72-47-41(64)38(61)34(57)29(17-53)68-47)20(2)31-27(73-51)15-26-24-7-6-22-14-23(9-11-49(22,4)25(24)10-12-50(26,31)5)66-48-43(71-45-39(62)36(59)32(55)21(3)65-45)42(35(58)30(18-54)69-48)70-46-40(63)37(60)33(56)28(16-52)67-46/h6,19-21,23-48,52-64H,7-18H2,1-5H3/t19-,20?,21?,23+,24?,25?,26?,27?,28-,29-,30-,31?,32+,33?,34?,35?,36?,37+,38+,39?,40?,41?,42+,43?,44?,45+,46+,47+,48-,49+,50+,51?/m1/s1. The summed E-state index contributed by atoms with van der Waals surface area (Å²) in [7, 11) is 0. The van der Waals surface area contributed by atoms with Crippen LogP contribution in [0.1, 0.15) is 92.4 Å². The van der Waals surface area contributed by atoms with Crippen molar-refractivity contribution < 1.29 is 114 Å². The molecule has 6 saturated heterocycles. The van der Waals surface area contributed by atoms with E-state index in [-0.39, 0.29) is 34.7 Å². The van der Waals surface area contributed by atoms with Gasteiger partial charge in [-0.3, -0.25) is 0 Å². The third-order valence-corrected chi connectivity index (χ3v) is 19.9. The Bertz CT molecular complexity index is 1970. The molecule has 23 heteroatoms. The van der Waals surface area contributed by atoms with Gasteiger partial charge in [0.25, 0.3) is 0 Å². The summed E-state index contributed by atoms with van der Waals surface area (Å²) < 4.78 is 62.6. The van der Waals surface area contributed by atoms with Gasteiger partial charge in [0, 0.05) is 18.3 Å². The molecule has 6 heterocycles. The first-order chi connectivity index (χ1) is 35.1. The Morgan fingerprint density at radius 3 is 1.74 bits per heavy atom. The fraction of sp³-hybridized carbons (Fsp3) is 0.961. The van der Waals surface area contributed by atoms with Crippen LogP contribution in [-0.4, -0.2) is 233 Å². The Hall–Kier alpha value is -1.18. The van der Waals surface area contributed by atoms with E-state index in [0.29, 0.717) is 37.0 Å². The van der Waals surface area contributed by atoms with Gasteiger partial charge in [0.05, 0.1) is 38.1 Å². The smallest absolute Gasteiger partial charge is 0.189 e. The lowest BCUT2D eigenvalue weighted by atomic mass is 9.47. The first-order valence-corrected chi connectivity index (χ1v) is 27.0. The molecule has 17 unspecified atom stereocenters. The first kappa shape index (κ1) is 56.1. The molecule has 13 N–H and O–H groups in total. The fourth-order valence-corrected chi connectivity index (χ4v) is 15.5. The van der Waals surface area contributed by atoms with E-state index in [1.165, 1.54) is 12.5 Å². The topological polar surface area (TPSA) is 355 Å². The van der Waals surface area contributed by atoms with Crippen LogP contribution in [0, 0.1) is 46.3 Å². The van der Waals surface area contributed by atoms with Crippen molar-refractivity contribution in [1.29, 1.82) is 0 Å². The highest BCUT2D eigenvalue weighted by Crippen LogP contribution is 2.71. The molecule has 424 valence electrons. The van der Waals surface area contributed by atoms with Crippen LogP contribution in [0.5, 0.6) is 0 Å². The van der Waals surface area contributed by atoms with Crippen LogP contribution >= 0.6 is 0 Å². The van der Waals surface area contributed by atoms with Gasteiger partial charge in [-0.15, -0.1) is 0 Å². The van der Waals surface area contributed by atoms with E-state index in [0.717, 1.165) is 38.5 Å². The highest BCUT2D eigenvalue weighted by molar-refractivity contribution is 5.26. The Kier molecular flexibility index (Phi) is 16.2. The molecule has 0 bridgehead atoms. The Morgan fingerprint density at radius 1 is 0.541 bits per heavy atom. The van der Waals surface area contributed by atoms with Gasteiger partial charge in [-0.1, -0.05) is 39.3 Å². The minimum absolute atomic E-state index is 0.00174. The molecular formula is C51H82O23. The van der Waals surface area contributed by atoms with Gasteiger partial charge in [-0.05, 0) is 92.8 Å². The van der Waals surface area contributed by atoms with E-state index in [9.17, 15) is 66.4 Å². The van der Waals surface area contributed by atoms with Crippen LogP contribution in [-0.2, 0) is 47.4 Å². The number of fused-ring (bicyclic) bond motifs is 7. The van der Waals surface area contributed by atoms with Crippen LogP contribution in [0.2, 0.25) is 0 Å². The second kappa shape index (κ2) is 21.4. The normalized spacial score (nSPS) is 57.5. The third-order valence-electron chi connectivity index (χ3n) is 19.9. The highest BCUT2D eigenvalue weighted by atomic mass is 16.8. The Labute approximate surface area is 430 Å². The monoisotopic (exact) mass is 1060 g/mol. The molecule has 0 radical (unpaired) electrons. The first-order valence-electron chi connectivity index (χ1n) is 27.0. The maximum absolute atomic E-state index is 11.7. The van der Waals surface area contributed by atoms with Crippen molar-refractivity contribution in [3.05, 3.63) is 11.6 Å². The molecule has 0 aromatic heterocycles. The van der Waals surface area contributed by atoms with Gasteiger partial charge in [0.1, 0.15) is 91.6 Å². The van der Waals surface area contributed by atoms with Crippen LogP contribution in [0.25, 0.3) is 0 Å². The molecule has 10 aliphatic rings. The van der Waals surface area contributed by atoms with Crippen LogP contribution < -0.4 is 0 Å². The van der Waals surface area contributed by atoms with Crippen molar-refractivity contribution in [3.8, 4) is 0 Å². The molecule has 4 aliphatic carbocycles. The summed E-state index contributed by atoms with van der Waals surface area (Å²) in [5.41, 5.74) is 1.03. The molecule has 0 amide bonds. The van der Waals surface area contributed by atoms with Crippen molar-refractivity contribution in [2.24, 2.45) is 46.3 Å². The average molecular weight is 1060 g/mol. The summed E-state index contributed by atoms with van der Waals surface area (Å²) in [6, 6.07) is 0. The zero-order valence-corrected chi connectivity index (χ0v) is 42.7. The van der Waals surface area contributed by atoms with Crippen molar-refractivity contribution in [1.82, 2.24) is 0 Å². The average Bonchev–Trinajstić information content (AvgIpc) is 3.83. The number of aliphatic hydroxyl groups is 13. The molecule has 10 rings (SSSR count). The van der Waals surface area contributed by atoms with E-state index in [1.807, 2.05) is 6.92 Å². The number of aliphatic hydroxyl groups excluding tert-OH is 13. The number of rotatable bonds is 11. The minimum atomic E-state index is -1.88. The zero-order valence-electron chi connectivity index (χ0n) is 42.7. The molecule has 6 aliphatic heterocycles. The molecule has 3 saturated carbocycles. The lowest BCUT2D eigenvalue weighted by molar-refractivity contribution is -0.398. The maximum Gasteiger partial charge on any atom is 0.189 e. The van der Waals surface area contributed by atoms with Crippen molar-refractivity contribution in [2.45, 2.75) is 240 Å². The fourth-order valence-electron chi connectivity index (χ4n) is 15.5. The number of hydrogen-bond acceptors (Lipinski definition) is 23. The molecule has 1 spiro atoms.